The van der Waals surface area contributed by atoms with E-state index >= 15 is 0 Å². The number of nitriles is 1. The lowest BCUT2D eigenvalue weighted by atomic mass is 10.0. The predicted molar refractivity (Wildman–Crippen MR) is 220 cm³/mol. The fraction of sp³-hybridized carbons (Fsp3) is 0.341. The van der Waals surface area contributed by atoms with E-state index in [1.807, 2.05) is 12.1 Å². The number of nitrogens with one attached hydrogen (secondary N) is 2. The maximum atomic E-state index is 14.9. The third-order valence-electron chi connectivity index (χ3n) is 10.7. The molecule has 1 fully saturated rings. The Kier molecular flexibility index (Phi) is 13.7. The molecule has 1 aliphatic rings. The first-order valence-electron chi connectivity index (χ1n) is 19.7. The summed E-state index contributed by atoms with van der Waals surface area (Å²) in [7, 11) is -4.19. The zero-order chi connectivity index (χ0) is 44.0. The predicted octanol–water partition coefficient (Wildman–Crippen LogP) is 6.27. The third-order valence-corrected chi connectivity index (χ3v) is 12.6. The molecule has 2 amide bonds. The van der Waals surface area contributed by atoms with Crippen molar-refractivity contribution in [2.75, 3.05) is 43.8 Å². The average molecular weight is 861 g/mol. The lowest BCUT2D eigenvalue weighted by Crippen LogP contribution is -2.49. The molecule has 17 heteroatoms. The van der Waals surface area contributed by atoms with Gasteiger partial charge in [-0.2, -0.15) is 23.5 Å². The number of hydrogen-bond donors (Lipinski definition) is 3. The van der Waals surface area contributed by atoms with Gasteiger partial charge in [0.05, 0.1) is 44.5 Å². The van der Waals surface area contributed by atoms with Crippen LogP contribution in [0.25, 0.3) is 10.8 Å². The highest BCUT2D eigenvalue weighted by Crippen LogP contribution is 2.34. The van der Waals surface area contributed by atoms with Gasteiger partial charge in [-0.25, -0.2) is 17.9 Å². The number of carbonyl (C=O) groups excluding carboxylic acids is 2. The van der Waals surface area contributed by atoms with Crippen LogP contribution in [0.4, 0.5) is 23.2 Å². The molecule has 1 aliphatic heterocycles. The Bertz CT molecular complexity index is 2620. The summed E-state index contributed by atoms with van der Waals surface area (Å²) in [6, 6.07) is 21.6. The number of nitrogens with zero attached hydrogens (tertiary/aromatic N) is 4. The van der Waals surface area contributed by atoms with Crippen molar-refractivity contribution in [1.29, 1.82) is 5.26 Å². The van der Waals surface area contributed by atoms with Crippen molar-refractivity contribution < 1.29 is 40.7 Å². The van der Waals surface area contributed by atoms with Gasteiger partial charge >= 0.3 is 6.18 Å². The quantitative estimate of drug-likeness (QED) is 0.0810. The van der Waals surface area contributed by atoms with Crippen LogP contribution in [0.15, 0.2) is 94.6 Å². The number of aliphatic hydroxyl groups is 1. The normalized spacial score (nSPS) is 14.7. The number of aryl methyl sites for hydroxylation is 1. The Balaban J connectivity index is 0.907. The molecular weight excluding hydrogens is 817 g/mol. The van der Waals surface area contributed by atoms with Crippen molar-refractivity contribution in [1.82, 2.24) is 20.0 Å². The molecule has 0 saturated carbocycles. The number of H-pyrrole nitrogens is 1. The van der Waals surface area contributed by atoms with Gasteiger partial charge in [0.1, 0.15) is 5.82 Å². The van der Waals surface area contributed by atoms with Gasteiger partial charge in [0.25, 0.3) is 17.4 Å². The summed E-state index contributed by atoms with van der Waals surface area (Å²) < 4.78 is 81.2. The molecule has 1 unspecified atom stereocenters. The summed E-state index contributed by atoms with van der Waals surface area (Å²) in [6.45, 7) is 4.06. The van der Waals surface area contributed by atoms with Crippen molar-refractivity contribution in [2.24, 2.45) is 0 Å². The van der Waals surface area contributed by atoms with E-state index in [9.17, 15) is 45.5 Å². The molecule has 5 aromatic rings. The molecule has 0 aliphatic carbocycles. The molecule has 0 spiro atoms. The fourth-order valence-corrected chi connectivity index (χ4v) is 8.90. The summed E-state index contributed by atoms with van der Waals surface area (Å²) in [6.07, 6.45) is -0.182. The summed E-state index contributed by atoms with van der Waals surface area (Å²) in [5.41, 5.74) is -2.88. The zero-order valence-corrected chi connectivity index (χ0v) is 34.1. The smallest absolute Gasteiger partial charge is 0.379 e. The molecule has 1 saturated heterocycles. The van der Waals surface area contributed by atoms with E-state index in [1.165, 1.54) is 24.3 Å². The second kappa shape index (κ2) is 18.8. The van der Waals surface area contributed by atoms with Crippen LogP contribution in [0, 0.1) is 17.1 Å². The number of halogens is 4. The standard InChI is InChI=1S/C44H44F4N6O6S/c1-43(58,42(57)50-32-15-14-31(27-49)37(26-32)44(46,47)48)28-61(59,60)33-16-11-29(12-17-33)8-4-2-3-7-19-53-20-22-54(23-21-53)41(56)36-24-30(13-18-38(36)45)25-39-34-9-5-6-10-35(34)40(55)52-51-39/h5-6,9-18,24,26,58H,2-4,7-8,19-23,25,28H2,1H3,(H,50,57)(H,52,55). The summed E-state index contributed by atoms with van der Waals surface area (Å²) in [4.78, 5) is 42.2. The van der Waals surface area contributed by atoms with E-state index in [2.05, 4.69) is 20.4 Å². The fourth-order valence-electron chi connectivity index (χ4n) is 7.31. The van der Waals surface area contributed by atoms with Crippen LogP contribution >= 0.6 is 0 Å². The highest BCUT2D eigenvalue weighted by Gasteiger charge is 2.38. The minimum atomic E-state index is -4.88. The number of carbonyl (C=O) groups is 2. The number of alkyl halides is 3. The van der Waals surface area contributed by atoms with Gasteiger partial charge in [0, 0.05) is 43.7 Å². The van der Waals surface area contributed by atoms with Crippen LogP contribution in [0.2, 0.25) is 0 Å². The third kappa shape index (κ3) is 11.1. The van der Waals surface area contributed by atoms with Crippen LogP contribution in [-0.2, 0) is 33.6 Å². The molecule has 3 N–H and O–H groups in total. The number of aromatic amines is 1. The second-order valence-corrected chi connectivity index (χ2v) is 17.3. The Labute approximate surface area is 349 Å². The van der Waals surface area contributed by atoms with Crippen molar-refractivity contribution in [3.05, 3.63) is 135 Å². The number of benzene rings is 4. The van der Waals surface area contributed by atoms with Gasteiger partial charge in [-0.1, -0.05) is 49.2 Å². The van der Waals surface area contributed by atoms with Crippen molar-refractivity contribution >= 4 is 38.1 Å². The van der Waals surface area contributed by atoms with Gasteiger partial charge < -0.3 is 15.3 Å². The maximum absolute atomic E-state index is 14.9. The average Bonchev–Trinajstić information content (AvgIpc) is 3.23. The number of piperazine rings is 1. The van der Waals surface area contributed by atoms with Crippen LogP contribution in [0.1, 0.15) is 70.9 Å². The monoisotopic (exact) mass is 860 g/mol. The van der Waals surface area contributed by atoms with E-state index < -0.39 is 50.2 Å². The maximum Gasteiger partial charge on any atom is 0.417 e. The summed E-state index contributed by atoms with van der Waals surface area (Å²) in [5.74, 6) is -3.22. The lowest BCUT2D eigenvalue weighted by molar-refractivity contribution is -0.137. The number of sulfone groups is 1. The molecule has 2 heterocycles. The van der Waals surface area contributed by atoms with Crippen LogP contribution < -0.4 is 10.9 Å². The zero-order valence-electron chi connectivity index (χ0n) is 33.3. The number of unbranched alkanes of at least 4 members (excludes halogenated alkanes) is 3. The molecule has 4 aromatic carbocycles. The molecule has 1 atom stereocenters. The van der Waals surface area contributed by atoms with Crippen molar-refractivity contribution in [3.63, 3.8) is 0 Å². The van der Waals surface area contributed by atoms with Gasteiger partial charge in [-0.05, 0) is 92.4 Å². The molecule has 12 nitrogen and oxygen atoms in total. The molecule has 6 rings (SSSR count). The van der Waals surface area contributed by atoms with E-state index in [4.69, 9.17) is 5.26 Å². The first kappa shape index (κ1) is 44.6. The number of fused-ring (bicyclic) bond motifs is 1. The number of anilines is 1. The summed E-state index contributed by atoms with van der Waals surface area (Å²) in [5, 5.41) is 29.8. The van der Waals surface area contributed by atoms with Gasteiger partial charge in [0.15, 0.2) is 15.4 Å². The van der Waals surface area contributed by atoms with Crippen LogP contribution in [0.3, 0.4) is 0 Å². The van der Waals surface area contributed by atoms with Crippen LogP contribution in [-0.4, -0.2) is 89.4 Å². The molecule has 320 valence electrons. The Morgan fingerprint density at radius 2 is 1.57 bits per heavy atom. The minimum Gasteiger partial charge on any atom is -0.379 e. The van der Waals surface area contributed by atoms with E-state index in [-0.39, 0.29) is 27.6 Å². The first-order valence-corrected chi connectivity index (χ1v) is 21.3. The van der Waals surface area contributed by atoms with Gasteiger partial charge in [-0.15, -0.1) is 0 Å². The molecule has 1 aromatic heterocycles. The molecule has 0 bridgehead atoms. The number of rotatable bonds is 15. The highest BCUT2D eigenvalue weighted by atomic mass is 32.2. The van der Waals surface area contributed by atoms with Crippen LogP contribution in [0.5, 0.6) is 0 Å². The Hall–Kier alpha value is -5.96. The SMILES string of the molecule is CC(O)(CS(=O)(=O)c1ccc(CCCCCCN2CCN(C(=O)c3cc(Cc4n[nH]c(=O)c5ccccc45)ccc3F)CC2)cc1)C(=O)Nc1ccc(C#N)c(C(F)(F)F)c1. The largest absolute Gasteiger partial charge is 0.417 e. The molecular formula is C44H44F4N6O6S. The van der Waals surface area contributed by atoms with Crippen molar-refractivity contribution in [2.45, 2.75) is 62.1 Å². The topological polar surface area (TPSA) is 177 Å². The van der Waals surface area contributed by atoms with Crippen molar-refractivity contribution in [3.8, 4) is 6.07 Å². The van der Waals surface area contributed by atoms with Gasteiger partial charge in [0.2, 0.25) is 0 Å². The van der Waals surface area contributed by atoms with E-state index in [1.54, 1.807) is 41.3 Å². The molecule has 61 heavy (non-hydrogen) atoms. The van der Waals surface area contributed by atoms with E-state index in [0.717, 1.165) is 56.8 Å². The second-order valence-electron chi connectivity index (χ2n) is 15.3. The first-order chi connectivity index (χ1) is 28.9. The highest BCUT2D eigenvalue weighted by molar-refractivity contribution is 7.91. The summed E-state index contributed by atoms with van der Waals surface area (Å²) >= 11 is 0. The molecule has 0 radical (unpaired) electrons. The number of hydrogen-bond acceptors (Lipinski definition) is 9. The van der Waals surface area contributed by atoms with E-state index in [0.29, 0.717) is 67.1 Å². The lowest BCUT2D eigenvalue weighted by Gasteiger charge is -2.35. The number of aromatic nitrogens is 2. The Morgan fingerprint density at radius 3 is 2.26 bits per heavy atom. The van der Waals surface area contributed by atoms with Gasteiger partial charge in [-0.3, -0.25) is 19.3 Å². The Morgan fingerprint density at radius 1 is 0.902 bits per heavy atom. The number of amides is 2. The minimum absolute atomic E-state index is 0.00137.